The Kier molecular flexibility index (Phi) is 6.32. The highest BCUT2D eigenvalue weighted by Crippen LogP contribution is 2.14. The first-order valence-corrected chi connectivity index (χ1v) is 6.96. The van der Waals surface area contributed by atoms with Crippen molar-refractivity contribution in [3.8, 4) is 0 Å². The quantitative estimate of drug-likeness (QED) is 0.795. The molecule has 0 radical (unpaired) electrons. The van der Waals surface area contributed by atoms with Crippen LogP contribution in [0.15, 0.2) is 11.4 Å². The molecule has 1 aromatic rings. The summed E-state index contributed by atoms with van der Waals surface area (Å²) in [6.07, 6.45) is -0.659. The molecular formula is C13H21NO3S. The molecule has 0 saturated carbocycles. The van der Waals surface area contributed by atoms with Crippen LogP contribution in [0.5, 0.6) is 0 Å². The third kappa shape index (κ3) is 5.16. The van der Waals surface area contributed by atoms with Crippen LogP contribution in [0.3, 0.4) is 0 Å². The molecule has 0 aliphatic rings. The molecule has 102 valence electrons. The Bertz CT molecular complexity index is 376. The van der Waals surface area contributed by atoms with E-state index in [1.807, 2.05) is 32.2 Å². The van der Waals surface area contributed by atoms with Gasteiger partial charge in [-0.15, -0.1) is 11.3 Å². The summed E-state index contributed by atoms with van der Waals surface area (Å²) in [4.78, 5) is 12.5. The standard InChI is InChI=1S/C13H21NO3S/c1-9(2)7-17-8-11(15)6-14-13(16)12-10(3)4-5-18-12/h4-5,9,11,15H,6-8H2,1-3H3,(H,14,16). The van der Waals surface area contributed by atoms with Gasteiger partial charge in [-0.05, 0) is 29.9 Å². The molecule has 0 fully saturated rings. The molecule has 0 bridgehead atoms. The van der Waals surface area contributed by atoms with E-state index in [4.69, 9.17) is 4.74 Å². The minimum Gasteiger partial charge on any atom is -0.389 e. The van der Waals surface area contributed by atoms with E-state index in [2.05, 4.69) is 5.32 Å². The summed E-state index contributed by atoms with van der Waals surface area (Å²) in [6.45, 7) is 7.08. The van der Waals surface area contributed by atoms with Gasteiger partial charge in [0.1, 0.15) is 0 Å². The fourth-order valence-electron chi connectivity index (χ4n) is 1.39. The molecule has 1 heterocycles. The number of amides is 1. The molecule has 18 heavy (non-hydrogen) atoms. The minimum atomic E-state index is -0.659. The van der Waals surface area contributed by atoms with Gasteiger partial charge in [-0.25, -0.2) is 0 Å². The number of carbonyl (C=O) groups is 1. The van der Waals surface area contributed by atoms with Gasteiger partial charge in [0, 0.05) is 13.2 Å². The molecule has 2 N–H and O–H groups in total. The highest BCUT2D eigenvalue weighted by atomic mass is 32.1. The molecule has 5 heteroatoms. The lowest BCUT2D eigenvalue weighted by atomic mass is 10.2. The summed E-state index contributed by atoms with van der Waals surface area (Å²) >= 11 is 1.41. The highest BCUT2D eigenvalue weighted by molar-refractivity contribution is 7.12. The van der Waals surface area contributed by atoms with E-state index in [9.17, 15) is 9.90 Å². The van der Waals surface area contributed by atoms with E-state index in [0.717, 1.165) is 5.56 Å². The van der Waals surface area contributed by atoms with Crippen molar-refractivity contribution >= 4 is 17.2 Å². The van der Waals surface area contributed by atoms with Gasteiger partial charge < -0.3 is 15.2 Å². The van der Waals surface area contributed by atoms with Gasteiger partial charge in [-0.3, -0.25) is 4.79 Å². The molecule has 1 unspecified atom stereocenters. The number of thiophene rings is 1. The number of nitrogens with one attached hydrogen (secondary N) is 1. The van der Waals surface area contributed by atoms with Crippen LogP contribution < -0.4 is 5.32 Å². The fourth-order valence-corrected chi connectivity index (χ4v) is 2.24. The van der Waals surface area contributed by atoms with Gasteiger partial charge >= 0.3 is 0 Å². The maximum Gasteiger partial charge on any atom is 0.261 e. The number of carbonyl (C=O) groups excluding carboxylic acids is 1. The van der Waals surface area contributed by atoms with Crippen LogP contribution in [0.2, 0.25) is 0 Å². The summed E-state index contributed by atoms with van der Waals surface area (Å²) in [5, 5.41) is 14.2. The highest BCUT2D eigenvalue weighted by Gasteiger charge is 2.12. The van der Waals surface area contributed by atoms with Gasteiger partial charge in [0.15, 0.2) is 0 Å². The first kappa shape index (κ1) is 15.1. The van der Waals surface area contributed by atoms with Crippen molar-refractivity contribution < 1.29 is 14.6 Å². The number of aryl methyl sites for hydroxylation is 1. The number of aliphatic hydroxyl groups excluding tert-OH is 1. The molecular weight excluding hydrogens is 250 g/mol. The largest absolute Gasteiger partial charge is 0.389 e. The number of hydrogen-bond donors (Lipinski definition) is 2. The van der Waals surface area contributed by atoms with E-state index in [1.54, 1.807) is 0 Å². The number of ether oxygens (including phenoxy) is 1. The predicted molar refractivity (Wildman–Crippen MR) is 73.1 cm³/mol. The van der Waals surface area contributed by atoms with Crippen molar-refractivity contribution in [1.82, 2.24) is 5.32 Å². The zero-order chi connectivity index (χ0) is 13.5. The first-order valence-electron chi connectivity index (χ1n) is 6.08. The Labute approximate surface area is 112 Å². The minimum absolute atomic E-state index is 0.134. The maximum absolute atomic E-state index is 11.8. The fraction of sp³-hybridized carbons (Fsp3) is 0.615. The van der Waals surface area contributed by atoms with E-state index < -0.39 is 6.10 Å². The summed E-state index contributed by atoms with van der Waals surface area (Å²) < 4.78 is 5.30. The van der Waals surface area contributed by atoms with Crippen molar-refractivity contribution in [3.63, 3.8) is 0 Å². The van der Waals surface area contributed by atoms with Crippen LogP contribution in [0.1, 0.15) is 29.1 Å². The Hall–Kier alpha value is -0.910. The molecule has 1 aromatic heterocycles. The van der Waals surface area contributed by atoms with Gasteiger partial charge in [-0.1, -0.05) is 13.8 Å². The molecule has 0 aliphatic carbocycles. The smallest absolute Gasteiger partial charge is 0.261 e. The van der Waals surface area contributed by atoms with Crippen molar-refractivity contribution in [2.24, 2.45) is 5.92 Å². The van der Waals surface area contributed by atoms with Crippen LogP contribution in [-0.2, 0) is 4.74 Å². The lowest BCUT2D eigenvalue weighted by molar-refractivity contribution is 0.0259. The molecule has 1 rings (SSSR count). The summed E-state index contributed by atoms with van der Waals surface area (Å²) in [5.41, 5.74) is 0.961. The van der Waals surface area contributed by atoms with E-state index >= 15 is 0 Å². The van der Waals surface area contributed by atoms with Gasteiger partial charge in [-0.2, -0.15) is 0 Å². The molecule has 0 aromatic carbocycles. The average Bonchev–Trinajstić information content (AvgIpc) is 2.72. The van der Waals surface area contributed by atoms with Gasteiger partial charge in [0.25, 0.3) is 5.91 Å². The second-order valence-electron chi connectivity index (χ2n) is 4.73. The van der Waals surface area contributed by atoms with Gasteiger partial charge in [0.2, 0.25) is 0 Å². The van der Waals surface area contributed by atoms with E-state index in [1.165, 1.54) is 11.3 Å². The molecule has 1 atom stereocenters. The number of aliphatic hydroxyl groups is 1. The molecule has 4 nitrogen and oxygen atoms in total. The van der Waals surface area contributed by atoms with E-state index in [0.29, 0.717) is 17.4 Å². The van der Waals surface area contributed by atoms with Crippen molar-refractivity contribution in [2.75, 3.05) is 19.8 Å². The summed E-state index contributed by atoms with van der Waals surface area (Å²) in [5.74, 6) is 0.311. The van der Waals surface area contributed by atoms with Crippen LogP contribution in [-0.4, -0.2) is 36.9 Å². The average molecular weight is 271 g/mol. The maximum atomic E-state index is 11.8. The van der Waals surface area contributed by atoms with Crippen LogP contribution in [0, 0.1) is 12.8 Å². The topological polar surface area (TPSA) is 58.6 Å². The Morgan fingerprint density at radius 2 is 2.22 bits per heavy atom. The monoisotopic (exact) mass is 271 g/mol. The van der Waals surface area contributed by atoms with Crippen LogP contribution >= 0.6 is 11.3 Å². The van der Waals surface area contributed by atoms with Crippen molar-refractivity contribution in [2.45, 2.75) is 26.9 Å². The Morgan fingerprint density at radius 3 is 2.78 bits per heavy atom. The third-order valence-electron chi connectivity index (χ3n) is 2.33. The zero-order valence-electron chi connectivity index (χ0n) is 11.1. The Balaban J connectivity index is 2.24. The molecule has 0 aliphatic heterocycles. The van der Waals surface area contributed by atoms with Crippen molar-refractivity contribution in [3.05, 3.63) is 21.9 Å². The van der Waals surface area contributed by atoms with E-state index in [-0.39, 0.29) is 19.1 Å². The first-order chi connectivity index (χ1) is 8.50. The van der Waals surface area contributed by atoms with Gasteiger partial charge in [0.05, 0.1) is 17.6 Å². The Morgan fingerprint density at radius 1 is 1.50 bits per heavy atom. The third-order valence-corrected chi connectivity index (χ3v) is 3.34. The van der Waals surface area contributed by atoms with Crippen molar-refractivity contribution in [1.29, 1.82) is 0 Å². The normalized spacial score (nSPS) is 12.7. The number of hydrogen-bond acceptors (Lipinski definition) is 4. The number of rotatable bonds is 7. The second kappa shape index (κ2) is 7.51. The lowest BCUT2D eigenvalue weighted by Crippen LogP contribution is -2.34. The second-order valence-corrected chi connectivity index (χ2v) is 5.64. The summed E-state index contributed by atoms with van der Waals surface area (Å²) in [7, 11) is 0. The van der Waals surface area contributed by atoms with Crippen LogP contribution in [0.4, 0.5) is 0 Å². The molecule has 0 saturated heterocycles. The SMILES string of the molecule is Cc1ccsc1C(=O)NCC(O)COCC(C)C. The predicted octanol–water partition coefficient (Wildman–Crippen LogP) is 1.82. The summed E-state index contributed by atoms with van der Waals surface area (Å²) in [6, 6.07) is 1.90. The molecule has 0 spiro atoms. The molecule has 1 amide bonds. The zero-order valence-corrected chi connectivity index (χ0v) is 11.9. The lowest BCUT2D eigenvalue weighted by Gasteiger charge is -2.13. The van der Waals surface area contributed by atoms with Crippen LogP contribution in [0.25, 0.3) is 0 Å².